The molecule has 1 aromatic carbocycles. The lowest BCUT2D eigenvalue weighted by Gasteiger charge is -2.35. The number of nitrogens with one attached hydrogen (secondary N) is 1. The quantitative estimate of drug-likeness (QED) is 0.615. The van der Waals surface area contributed by atoms with Gasteiger partial charge in [0.15, 0.2) is 5.65 Å². The Labute approximate surface area is 194 Å². The second-order valence-corrected chi connectivity index (χ2v) is 10.6. The number of amides is 1. The summed E-state index contributed by atoms with van der Waals surface area (Å²) in [5.41, 5.74) is 4.14. The molecule has 0 spiro atoms. The summed E-state index contributed by atoms with van der Waals surface area (Å²) in [7, 11) is 0.436. The van der Waals surface area contributed by atoms with Gasteiger partial charge in [-0.1, -0.05) is 12.1 Å². The molecule has 9 nitrogen and oxygen atoms in total. The van der Waals surface area contributed by atoms with E-state index in [1.54, 1.807) is 24.3 Å². The molecule has 1 fully saturated rings. The number of piperidine rings is 1. The fraction of sp³-hybridized carbons (Fsp3) is 0.435. The average molecular weight is 471 g/mol. The minimum absolute atomic E-state index is 0.211. The van der Waals surface area contributed by atoms with Crippen LogP contribution in [0.15, 0.2) is 30.3 Å². The molecule has 1 amide bonds. The molecule has 0 saturated carbocycles. The molecule has 3 aromatic rings. The number of rotatable bonds is 5. The summed E-state index contributed by atoms with van der Waals surface area (Å²) >= 11 is 0. The first kappa shape index (κ1) is 23.0. The van der Waals surface area contributed by atoms with Gasteiger partial charge in [-0.2, -0.15) is 9.61 Å². The van der Waals surface area contributed by atoms with Crippen molar-refractivity contribution in [3.05, 3.63) is 52.8 Å². The number of fused-ring (bicyclic) bond motifs is 1. The van der Waals surface area contributed by atoms with Crippen LogP contribution in [-0.2, 0) is 10.0 Å². The SMILES string of the molecule is Cc1nc2cc(C3CCCCN3C(=O)c3ccccc3NS(C)(=O)=O)nn2c(N(C)C)c1C. The van der Waals surface area contributed by atoms with Gasteiger partial charge >= 0.3 is 0 Å². The molecular weight excluding hydrogens is 440 g/mol. The summed E-state index contributed by atoms with van der Waals surface area (Å²) in [5.74, 6) is 0.747. The van der Waals surface area contributed by atoms with E-state index in [-0.39, 0.29) is 17.6 Å². The van der Waals surface area contributed by atoms with Crippen LogP contribution in [0, 0.1) is 13.8 Å². The molecule has 1 unspecified atom stereocenters. The molecule has 1 atom stereocenters. The Balaban J connectivity index is 1.76. The van der Waals surface area contributed by atoms with Crippen LogP contribution in [0.4, 0.5) is 11.5 Å². The van der Waals surface area contributed by atoms with Crippen molar-refractivity contribution in [2.24, 2.45) is 0 Å². The van der Waals surface area contributed by atoms with Gasteiger partial charge in [0.05, 0.1) is 29.2 Å². The third kappa shape index (κ3) is 4.52. The van der Waals surface area contributed by atoms with Crippen molar-refractivity contribution in [2.45, 2.75) is 39.2 Å². The number of hydrogen-bond donors (Lipinski definition) is 1. The molecule has 1 aliphatic rings. The molecular formula is C23H30N6O3S. The normalized spacial score (nSPS) is 16.8. The Bertz CT molecular complexity index is 1320. The smallest absolute Gasteiger partial charge is 0.256 e. The van der Waals surface area contributed by atoms with Crippen LogP contribution in [0.5, 0.6) is 0 Å². The first-order valence-corrected chi connectivity index (χ1v) is 12.9. The van der Waals surface area contributed by atoms with Crippen molar-refractivity contribution in [3.63, 3.8) is 0 Å². The van der Waals surface area contributed by atoms with Crippen molar-refractivity contribution in [1.82, 2.24) is 19.5 Å². The molecule has 2 aromatic heterocycles. The zero-order valence-corrected chi connectivity index (χ0v) is 20.5. The molecule has 0 aliphatic carbocycles. The highest BCUT2D eigenvalue weighted by Crippen LogP contribution is 2.34. The number of hydrogen-bond acceptors (Lipinski definition) is 6. The minimum atomic E-state index is -3.52. The second-order valence-electron chi connectivity index (χ2n) is 8.81. The second kappa shape index (κ2) is 8.66. The molecule has 1 N–H and O–H groups in total. The Morgan fingerprint density at radius 1 is 1.18 bits per heavy atom. The number of para-hydroxylation sites is 1. The summed E-state index contributed by atoms with van der Waals surface area (Å²) in [5, 5.41) is 4.87. The standard InChI is InChI=1S/C23H30N6O3S/c1-15-16(2)24-21-14-19(25-29(21)22(15)27(3)4)20-12-8-9-13-28(20)23(30)17-10-6-7-11-18(17)26-33(5,31)32/h6-7,10-11,14,20,26H,8-9,12-13H2,1-5H3. The predicted molar refractivity (Wildman–Crippen MR) is 129 cm³/mol. The zero-order valence-electron chi connectivity index (χ0n) is 19.7. The van der Waals surface area contributed by atoms with E-state index in [0.29, 0.717) is 12.1 Å². The summed E-state index contributed by atoms with van der Waals surface area (Å²) < 4.78 is 27.9. The number of anilines is 2. The maximum atomic E-state index is 13.6. The maximum Gasteiger partial charge on any atom is 0.256 e. The zero-order chi connectivity index (χ0) is 23.9. The van der Waals surface area contributed by atoms with E-state index in [4.69, 9.17) is 10.1 Å². The van der Waals surface area contributed by atoms with Crippen molar-refractivity contribution in [2.75, 3.05) is 36.5 Å². The fourth-order valence-corrected chi connectivity index (χ4v) is 5.06. The topological polar surface area (TPSA) is 99.9 Å². The molecule has 33 heavy (non-hydrogen) atoms. The molecule has 0 bridgehead atoms. The van der Waals surface area contributed by atoms with Crippen LogP contribution in [0.3, 0.4) is 0 Å². The van der Waals surface area contributed by atoms with Gasteiger partial charge in [0, 0.05) is 38.0 Å². The summed E-state index contributed by atoms with van der Waals surface area (Å²) in [6, 6.07) is 8.45. The van der Waals surface area contributed by atoms with Crippen molar-refractivity contribution in [3.8, 4) is 0 Å². The maximum absolute atomic E-state index is 13.6. The third-order valence-corrected chi connectivity index (χ3v) is 6.64. The Morgan fingerprint density at radius 2 is 1.91 bits per heavy atom. The van der Waals surface area contributed by atoms with E-state index in [1.165, 1.54) is 0 Å². The van der Waals surface area contributed by atoms with Gasteiger partial charge < -0.3 is 9.80 Å². The first-order valence-electron chi connectivity index (χ1n) is 11.0. The van der Waals surface area contributed by atoms with E-state index in [2.05, 4.69) is 4.72 Å². The van der Waals surface area contributed by atoms with Gasteiger partial charge in [-0.25, -0.2) is 13.4 Å². The lowest BCUT2D eigenvalue weighted by atomic mass is 9.98. The van der Waals surface area contributed by atoms with Crippen LogP contribution < -0.4 is 9.62 Å². The number of carbonyl (C=O) groups is 1. The van der Waals surface area contributed by atoms with Gasteiger partial charge in [-0.3, -0.25) is 9.52 Å². The average Bonchev–Trinajstić information content (AvgIpc) is 3.16. The molecule has 1 saturated heterocycles. The highest BCUT2D eigenvalue weighted by Gasteiger charge is 2.32. The van der Waals surface area contributed by atoms with E-state index in [0.717, 1.165) is 53.9 Å². The third-order valence-electron chi connectivity index (χ3n) is 6.05. The first-order chi connectivity index (χ1) is 15.6. The Morgan fingerprint density at radius 3 is 2.61 bits per heavy atom. The van der Waals surface area contributed by atoms with E-state index in [1.807, 2.05) is 48.3 Å². The number of aryl methyl sites for hydroxylation is 1. The number of nitrogens with zero attached hydrogens (tertiary/aromatic N) is 5. The van der Waals surface area contributed by atoms with Gasteiger partial charge in [0.2, 0.25) is 10.0 Å². The van der Waals surface area contributed by atoms with Gasteiger partial charge in [-0.15, -0.1) is 0 Å². The van der Waals surface area contributed by atoms with E-state index < -0.39 is 10.0 Å². The van der Waals surface area contributed by atoms with Crippen LogP contribution in [0.1, 0.15) is 52.6 Å². The highest BCUT2D eigenvalue weighted by molar-refractivity contribution is 7.92. The lowest BCUT2D eigenvalue weighted by Crippen LogP contribution is -2.39. The van der Waals surface area contributed by atoms with E-state index in [9.17, 15) is 13.2 Å². The molecule has 176 valence electrons. The van der Waals surface area contributed by atoms with Crippen LogP contribution >= 0.6 is 0 Å². The summed E-state index contributed by atoms with van der Waals surface area (Å²) in [6.45, 7) is 4.59. The summed E-state index contributed by atoms with van der Waals surface area (Å²) in [6.07, 6.45) is 3.73. The lowest BCUT2D eigenvalue weighted by molar-refractivity contribution is 0.0607. The van der Waals surface area contributed by atoms with Crippen molar-refractivity contribution >= 4 is 33.1 Å². The largest absolute Gasteiger partial charge is 0.362 e. The Kier molecular flexibility index (Phi) is 6.04. The van der Waals surface area contributed by atoms with Crippen LogP contribution in [0.2, 0.25) is 0 Å². The Hall–Kier alpha value is -3.14. The predicted octanol–water partition coefficient (Wildman–Crippen LogP) is 3.15. The van der Waals surface area contributed by atoms with Crippen LogP contribution in [0.25, 0.3) is 5.65 Å². The monoisotopic (exact) mass is 470 g/mol. The molecule has 4 rings (SSSR count). The molecule has 0 radical (unpaired) electrons. The molecule has 1 aliphatic heterocycles. The van der Waals surface area contributed by atoms with Crippen molar-refractivity contribution in [1.29, 1.82) is 0 Å². The van der Waals surface area contributed by atoms with Gasteiger partial charge in [-0.05, 0) is 45.2 Å². The molecule has 10 heteroatoms. The number of likely N-dealkylation sites (tertiary alicyclic amines) is 1. The number of benzene rings is 1. The number of sulfonamides is 1. The fourth-order valence-electron chi connectivity index (χ4n) is 4.48. The van der Waals surface area contributed by atoms with Crippen LogP contribution in [-0.4, -0.2) is 60.7 Å². The number of aromatic nitrogens is 3. The van der Waals surface area contributed by atoms with E-state index >= 15 is 0 Å². The minimum Gasteiger partial charge on any atom is -0.362 e. The number of carbonyl (C=O) groups excluding carboxylic acids is 1. The van der Waals surface area contributed by atoms with Gasteiger partial charge in [0.25, 0.3) is 5.91 Å². The highest BCUT2D eigenvalue weighted by atomic mass is 32.2. The van der Waals surface area contributed by atoms with Gasteiger partial charge in [0.1, 0.15) is 5.82 Å². The summed E-state index contributed by atoms with van der Waals surface area (Å²) in [4.78, 5) is 22.2. The molecule has 3 heterocycles. The van der Waals surface area contributed by atoms with Crippen molar-refractivity contribution < 1.29 is 13.2 Å².